The van der Waals surface area contributed by atoms with Crippen molar-refractivity contribution in [2.24, 2.45) is 5.73 Å². The number of alkyl halides is 2. The number of hydrogen-bond acceptors (Lipinski definition) is 2. The maximum absolute atomic E-state index is 12.7. The van der Waals surface area contributed by atoms with Crippen LogP contribution >= 0.6 is 0 Å². The number of aromatic hydroxyl groups is 1. The first kappa shape index (κ1) is 10.9. The minimum atomic E-state index is -2.52. The highest BCUT2D eigenvalue weighted by molar-refractivity contribution is 5.32. The predicted octanol–water partition coefficient (Wildman–Crippen LogP) is 1.87. The first-order valence-electron chi connectivity index (χ1n) is 4.28. The molecule has 0 saturated heterocycles. The van der Waals surface area contributed by atoms with Crippen LogP contribution < -0.4 is 5.73 Å². The van der Waals surface area contributed by atoms with E-state index in [0.29, 0.717) is 5.56 Å². The summed E-state index contributed by atoms with van der Waals surface area (Å²) in [7, 11) is 0. The Morgan fingerprint density at radius 1 is 1.36 bits per heavy atom. The number of phenols is 1. The largest absolute Gasteiger partial charge is 0.508 e. The lowest BCUT2D eigenvalue weighted by atomic mass is 9.83. The molecule has 4 heteroatoms. The minimum absolute atomic E-state index is 0.0578. The first-order chi connectivity index (χ1) is 6.50. The van der Waals surface area contributed by atoms with E-state index in [4.69, 9.17) is 10.8 Å². The molecule has 0 aliphatic heterocycles. The average Bonchev–Trinajstić information content (AvgIpc) is 2.17. The Balaban J connectivity index is 3.06. The third-order valence-electron chi connectivity index (χ3n) is 2.43. The summed E-state index contributed by atoms with van der Waals surface area (Å²) in [5, 5.41) is 9.01. The lowest BCUT2D eigenvalue weighted by molar-refractivity contribution is 0.0637. The highest BCUT2D eigenvalue weighted by Crippen LogP contribution is 2.30. The lowest BCUT2D eigenvalue weighted by Gasteiger charge is -2.27. The third kappa shape index (κ3) is 1.85. The van der Waals surface area contributed by atoms with Crippen LogP contribution in [-0.4, -0.2) is 18.1 Å². The SMILES string of the molecule is CC(CN)(c1ccc(O)cc1)C(F)F. The van der Waals surface area contributed by atoms with E-state index in [2.05, 4.69) is 0 Å². The van der Waals surface area contributed by atoms with Crippen LogP contribution in [0.15, 0.2) is 24.3 Å². The molecule has 0 heterocycles. The van der Waals surface area contributed by atoms with Crippen LogP contribution in [0.4, 0.5) is 8.78 Å². The van der Waals surface area contributed by atoms with Crippen LogP contribution in [0.5, 0.6) is 5.75 Å². The van der Waals surface area contributed by atoms with E-state index in [9.17, 15) is 8.78 Å². The second kappa shape index (κ2) is 3.92. The van der Waals surface area contributed by atoms with E-state index >= 15 is 0 Å². The molecule has 0 fully saturated rings. The normalized spacial score (nSPS) is 15.5. The van der Waals surface area contributed by atoms with E-state index in [-0.39, 0.29) is 12.3 Å². The molecule has 1 unspecified atom stereocenters. The Labute approximate surface area is 81.4 Å². The van der Waals surface area contributed by atoms with Crippen molar-refractivity contribution in [3.63, 3.8) is 0 Å². The zero-order valence-corrected chi connectivity index (χ0v) is 7.87. The highest BCUT2D eigenvalue weighted by Gasteiger charge is 2.35. The fourth-order valence-electron chi connectivity index (χ4n) is 1.18. The van der Waals surface area contributed by atoms with Crippen LogP contribution in [0.25, 0.3) is 0 Å². The summed E-state index contributed by atoms with van der Waals surface area (Å²) in [6.07, 6.45) is -2.52. The van der Waals surface area contributed by atoms with Crippen molar-refractivity contribution in [1.29, 1.82) is 0 Å². The van der Waals surface area contributed by atoms with E-state index in [1.54, 1.807) is 0 Å². The Morgan fingerprint density at radius 3 is 2.21 bits per heavy atom. The van der Waals surface area contributed by atoms with E-state index in [0.717, 1.165) is 0 Å². The van der Waals surface area contributed by atoms with Gasteiger partial charge in [0.1, 0.15) is 5.75 Å². The monoisotopic (exact) mass is 201 g/mol. The average molecular weight is 201 g/mol. The second-order valence-corrected chi connectivity index (χ2v) is 3.47. The van der Waals surface area contributed by atoms with E-state index in [1.165, 1.54) is 31.2 Å². The molecule has 2 nitrogen and oxygen atoms in total. The van der Waals surface area contributed by atoms with Crippen LogP contribution in [0.1, 0.15) is 12.5 Å². The van der Waals surface area contributed by atoms with Gasteiger partial charge in [0, 0.05) is 6.54 Å². The van der Waals surface area contributed by atoms with E-state index in [1.807, 2.05) is 0 Å². The smallest absolute Gasteiger partial charge is 0.249 e. The topological polar surface area (TPSA) is 46.2 Å². The summed E-state index contributed by atoms with van der Waals surface area (Å²) in [4.78, 5) is 0. The van der Waals surface area contributed by atoms with Crippen molar-refractivity contribution in [3.05, 3.63) is 29.8 Å². The van der Waals surface area contributed by atoms with Gasteiger partial charge in [0.05, 0.1) is 5.41 Å². The van der Waals surface area contributed by atoms with Gasteiger partial charge in [0.2, 0.25) is 6.43 Å². The summed E-state index contributed by atoms with van der Waals surface area (Å²) in [6, 6.07) is 5.69. The van der Waals surface area contributed by atoms with Gasteiger partial charge < -0.3 is 10.8 Å². The Kier molecular flexibility index (Phi) is 3.06. The minimum Gasteiger partial charge on any atom is -0.508 e. The van der Waals surface area contributed by atoms with Gasteiger partial charge in [-0.25, -0.2) is 8.78 Å². The molecule has 14 heavy (non-hydrogen) atoms. The molecular formula is C10H13F2NO. The zero-order chi connectivity index (χ0) is 10.8. The standard InChI is InChI=1S/C10H13F2NO/c1-10(6-13,9(11)12)7-2-4-8(14)5-3-7/h2-5,9,14H,6,13H2,1H3. The van der Waals surface area contributed by atoms with Gasteiger partial charge in [-0.05, 0) is 24.6 Å². The van der Waals surface area contributed by atoms with Gasteiger partial charge in [-0.1, -0.05) is 12.1 Å². The summed E-state index contributed by atoms with van der Waals surface area (Å²) < 4.78 is 25.5. The lowest BCUT2D eigenvalue weighted by Crippen LogP contribution is -2.38. The summed E-state index contributed by atoms with van der Waals surface area (Å²) in [5.74, 6) is 0.0578. The van der Waals surface area contributed by atoms with Gasteiger partial charge in [0.15, 0.2) is 0 Å². The van der Waals surface area contributed by atoms with Crippen LogP contribution in [0.2, 0.25) is 0 Å². The molecule has 0 amide bonds. The molecule has 0 aliphatic carbocycles. The molecular weight excluding hydrogens is 188 g/mol. The Bertz CT molecular complexity index is 299. The molecule has 0 aliphatic rings. The maximum atomic E-state index is 12.7. The molecule has 0 bridgehead atoms. The maximum Gasteiger partial charge on any atom is 0.249 e. The van der Waals surface area contributed by atoms with Gasteiger partial charge in [0.25, 0.3) is 0 Å². The fourth-order valence-corrected chi connectivity index (χ4v) is 1.18. The number of benzene rings is 1. The Morgan fingerprint density at radius 2 is 1.86 bits per heavy atom. The van der Waals surface area contributed by atoms with Gasteiger partial charge >= 0.3 is 0 Å². The molecule has 0 saturated carbocycles. The van der Waals surface area contributed by atoms with Crippen molar-refractivity contribution in [2.45, 2.75) is 18.8 Å². The van der Waals surface area contributed by atoms with Gasteiger partial charge in [-0.3, -0.25) is 0 Å². The zero-order valence-electron chi connectivity index (χ0n) is 7.87. The number of phenolic OH excluding ortho intramolecular Hbond substituents is 1. The molecule has 1 rings (SSSR count). The predicted molar refractivity (Wildman–Crippen MR) is 50.5 cm³/mol. The quantitative estimate of drug-likeness (QED) is 0.784. The Hall–Kier alpha value is -1.16. The fraction of sp³-hybridized carbons (Fsp3) is 0.400. The van der Waals surface area contributed by atoms with Crippen molar-refractivity contribution < 1.29 is 13.9 Å². The van der Waals surface area contributed by atoms with Gasteiger partial charge in [-0.15, -0.1) is 0 Å². The van der Waals surface area contributed by atoms with Crippen molar-refractivity contribution in [3.8, 4) is 5.75 Å². The molecule has 78 valence electrons. The van der Waals surface area contributed by atoms with Crippen molar-refractivity contribution in [1.82, 2.24) is 0 Å². The number of nitrogens with two attached hydrogens (primary N) is 1. The van der Waals surface area contributed by atoms with E-state index < -0.39 is 11.8 Å². The highest BCUT2D eigenvalue weighted by atomic mass is 19.3. The second-order valence-electron chi connectivity index (χ2n) is 3.47. The van der Waals surface area contributed by atoms with Crippen molar-refractivity contribution in [2.75, 3.05) is 6.54 Å². The molecule has 0 spiro atoms. The summed E-state index contributed by atoms with van der Waals surface area (Å²) >= 11 is 0. The molecule has 1 aromatic rings. The first-order valence-corrected chi connectivity index (χ1v) is 4.28. The van der Waals surface area contributed by atoms with Gasteiger partial charge in [-0.2, -0.15) is 0 Å². The summed E-state index contributed by atoms with van der Waals surface area (Å²) in [6.45, 7) is 1.28. The number of halogens is 2. The van der Waals surface area contributed by atoms with Crippen LogP contribution in [-0.2, 0) is 5.41 Å². The summed E-state index contributed by atoms with van der Waals surface area (Å²) in [5.41, 5.74) is 4.43. The molecule has 0 radical (unpaired) electrons. The van der Waals surface area contributed by atoms with Crippen LogP contribution in [0, 0.1) is 0 Å². The van der Waals surface area contributed by atoms with Crippen LogP contribution in [0.3, 0.4) is 0 Å². The number of hydrogen-bond donors (Lipinski definition) is 2. The molecule has 0 aromatic heterocycles. The molecule has 3 N–H and O–H groups in total. The molecule has 1 aromatic carbocycles. The number of rotatable bonds is 3. The van der Waals surface area contributed by atoms with Crippen molar-refractivity contribution >= 4 is 0 Å². The molecule has 1 atom stereocenters. The third-order valence-corrected chi connectivity index (χ3v) is 2.43.